The molecule has 0 saturated carbocycles. The van der Waals surface area contributed by atoms with Gasteiger partial charge in [0, 0.05) is 32.7 Å². The number of rotatable bonds is 7. The Balaban J connectivity index is 1.54. The summed E-state index contributed by atoms with van der Waals surface area (Å²) in [4.78, 5) is 36.3. The SMILES string of the molecule is Cn1c(NCc2ccc(F)cc2)nc2nc(N3CCCC(NC(=O)O)C3)n(Cc3ccccc3)c2c1=O. The molecule has 0 spiro atoms. The van der Waals surface area contributed by atoms with E-state index in [2.05, 4.69) is 15.6 Å². The highest BCUT2D eigenvalue weighted by molar-refractivity contribution is 5.76. The fourth-order valence-electron chi connectivity index (χ4n) is 4.70. The van der Waals surface area contributed by atoms with E-state index in [4.69, 9.17) is 4.98 Å². The molecule has 1 aliphatic rings. The van der Waals surface area contributed by atoms with Gasteiger partial charge in [0.1, 0.15) is 5.82 Å². The number of amides is 1. The molecule has 3 N–H and O–H groups in total. The Hall–Kier alpha value is -4.41. The van der Waals surface area contributed by atoms with Gasteiger partial charge in [0.05, 0.1) is 6.54 Å². The lowest BCUT2D eigenvalue weighted by Gasteiger charge is -2.33. The number of aromatic nitrogens is 4. The summed E-state index contributed by atoms with van der Waals surface area (Å²) >= 11 is 0. The van der Waals surface area contributed by atoms with Crippen LogP contribution in [0.25, 0.3) is 11.2 Å². The molecular formula is C26H28FN7O3. The van der Waals surface area contributed by atoms with Crippen LogP contribution in [-0.4, -0.2) is 49.4 Å². The minimum Gasteiger partial charge on any atom is -0.465 e. The Kier molecular flexibility index (Phi) is 6.76. The molecule has 1 atom stereocenters. The van der Waals surface area contributed by atoms with Gasteiger partial charge < -0.3 is 20.6 Å². The second-order valence-corrected chi connectivity index (χ2v) is 9.17. The zero-order valence-electron chi connectivity index (χ0n) is 20.4. The lowest BCUT2D eigenvalue weighted by atomic mass is 10.1. The zero-order chi connectivity index (χ0) is 25.9. The molecule has 2 aromatic carbocycles. The largest absolute Gasteiger partial charge is 0.465 e. The van der Waals surface area contributed by atoms with Gasteiger partial charge in [0.25, 0.3) is 5.56 Å². The average molecular weight is 506 g/mol. The second kappa shape index (κ2) is 10.3. The van der Waals surface area contributed by atoms with E-state index in [9.17, 15) is 19.1 Å². The summed E-state index contributed by atoms with van der Waals surface area (Å²) in [5, 5.41) is 14.9. The van der Waals surface area contributed by atoms with Crippen LogP contribution < -0.4 is 21.1 Å². The fraction of sp³-hybridized carbons (Fsp3) is 0.308. The number of nitrogens with zero attached hydrogens (tertiary/aromatic N) is 5. The molecule has 1 unspecified atom stereocenters. The molecule has 3 heterocycles. The Morgan fingerprint density at radius 3 is 2.59 bits per heavy atom. The topological polar surface area (TPSA) is 117 Å². The standard InChI is InChI=1S/C26H28FN7O3/c1-32-23(35)21-22(30-24(32)28-14-17-9-11-19(27)12-10-17)31-25(34(21)15-18-6-3-2-4-7-18)33-13-5-8-20(16-33)29-26(36)37/h2-4,6-7,9-12,20,29H,5,8,13-16H2,1H3,(H,28,30)(H,36,37). The molecule has 4 aromatic rings. The van der Waals surface area contributed by atoms with Crippen LogP contribution in [0, 0.1) is 5.82 Å². The maximum absolute atomic E-state index is 13.6. The molecule has 2 aromatic heterocycles. The van der Waals surface area contributed by atoms with Crippen molar-refractivity contribution in [1.29, 1.82) is 0 Å². The van der Waals surface area contributed by atoms with Crippen molar-refractivity contribution in [3.8, 4) is 0 Å². The Morgan fingerprint density at radius 1 is 1.11 bits per heavy atom. The molecular weight excluding hydrogens is 477 g/mol. The molecule has 1 saturated heterocycles. The number of hydrogen-bond donors (Lipinski definition) is 3. The van der Waals surface area contributed by atoms with Crippen LogP contribution in [0.2, 0.25) is 0 Å². The lowest BCUT2D eigenvalue weighted by molar-refractivity contribution is 0.188. The van der Waals surface area contributed by atoms with Crippen molar-refractivity contribution in [2.45, 2.75) is 32.0 Å². The summed E-state index contributed by atoms with van der Waals surface area (Å²) in [6.45, 7) is 1.91. The van der Waals surface area contributed by atoms with Crippen molar-refractivity contribution < 1.29 is 14.3 Å². The molecule has 37 heavy (non-hydrogen) atoms. The van der Waals surface area contributed by atoms with Gasteiger partial charge in [-0.25, -0.2) is 9.18 Å². The lowest BCUT2D eigenvalue weighted by Crippen LogP contribution is -2.48. The van der Waals surface area contributed by atoms with Crippen molar-refractivity contribution in [3.05, 3.63) is 81.9 Å². The number of fused-ring (bicyclic) bond motifs is 1. The van der Waals surface area contributed by atoms with E-state index in [1.165, 1.54) is 16.7 Å². The van der Waals surface area contributed by atoms with Crippen molar-refractivity contribution in [3.63, 3.8) is 0 Å². The maximum Gasteiger partial charge on any atom is 0.404 e. The Morgan fingerprint density at radius 2 is 1.86 bits per heavy atom. The number of piperidine rings is 1. The highest BCUT2D eigenvalue weighted by atomic mass is 19.1. The molecule has 1 fully saturated rings. The average Bonchev–Trinajstić information content (AvgIpc) is 3.24. The van der Waals surface area contributed by atoms with Gasteiger partial charge >= 0.3 is 6.09 Å². The highest BCUT2D eigenvalue weighted by Crippen LogP contribution is 2.25. The van der Waals surface area contributed by atoms with Crippen LogP contribution in [0.1, 0.15) is 24.0 Å². The number of imidazole rings is 1. The van der Waals surface area contributed by atoms with Gasteiger partial charge in [0.15, 0.2) is 11.2 Å². The zero-order valence-corrected chi connectivity index (χ0v) is 20.4. The van der Waals surface area contributed by atoms with Gasteiger partial charge in [-0.15, -0.1) is 0 Å². The third kappa shape index (κ3) is 5.25. The molecule has 192 valence electrons. The summed E-state index contributed by atoms with van der Waals surface area (Å²) in [7, 11) is 1.65. The van der Waals surface area contributed by atoms with Crippen molar-refractivity contribution in [2.75, 3.05) is 23.3 Å². The molecule has 1 amide bonds. The monoisotopic (exact) mass is 505 g/mol. The van der Waals surface area contributed by atoms with Gasteiger partial charge in [-0.2, -0.15) is 9.97 Å². The number of carboxylic acid groups (broad SMARTS) is 1. The van der Waals surface area contributed by atoms with Crippen LogP contribution in [0.3, 0.4) is 0 Å². The van der Waals surface area contributed by atoms with E-state index >= 15 is 0 Å². The number of hydrogen-bond acceptors (Lipinski definition) is 6. The molecule has 10 nitrogen and oxygen atoms in total. The fourth-order valence-corrected chi connectivity index (χ4v) is 4.70. The van der Waals surface area contributed by atoms with E-state index in [-0.39, 0.29) is 17.4 Å². The number of carbonyl (C=O) groups is 1. The summed E-state index contributed by atoms with van der Waals surface area (Å²) in [5.41, 5.74) is 2.28. The normalized spacial score (nSPS) is 15.6. The van der Waals surface area contributed by atoms with Crippen molar-refractivity contribution in [2.24, 2.45) is 7.05 Å². The van der Waals surface area contributed by atoms with E-state index < -0.39 is 6.09 Å². The molecule has 0 radical (unpaired) electrons. The number of benzene rings is 2. The first-order valence-electron chi connectivity index (χ1n) is 12.1. The van der Waals surface area contributed by atoms with Gasteiger partial charge in [0.2, 0.25) is 11.9 Å². The smallest absolute Gasteiger partial charge is 0.404 e. The first kappa shape index (κ1) is 24.3. The third-order valence-corrected chi connectivity index (χ3v) is 6.54. The first-order valence-corrected chi connectivity index (χ1v) is 12.1. The minimum atomic E-state index is -1.06. The van der Waals surface area contributed by atoms with Crippen LogP contribution in [-0.2, 0) is 20.1 Å². The van der Waals surface area contributed by atoms with E-state index in [1.807, 2.05) is 39.8 Å². The van der Waals surface area contributed by atoms with Gasteiger partial charge in [-0.1, -0.05) is 42.5 Å². The quantitative estimate of drug-likeness (QED) is 0.353. The Labute approximate surface area is 212 Å². The number of halogens is 1. The second-order valence-electron chi connectivity index (χ2n) is 9.17. The van der Waals surface area contributed by atoms with E-state index in [1.54, 1.807) is 19.2 Å². The van der Waals surface area contributed by atoms with Crippen LogP contribution in [0.5, 0.6) is 0 Å². The summed E-state index contributed by atoms with van der Waals surface area (Å²) in [6, 6.07) is 15.7. The molecule has 11 heteroatoms. The maximum atomic E-state index is 13.6. The predicted octanol–water partition coefficient (Wildman–Crippen LogP) is 3.17. The van der Waals surface area contributed by atoms with E-state index in [0.717, 1.165) is 24.0 Å². The molecule has 0 aliphatic carbocycles. The van der Waals surface area contributed by atoms with Crippen LogP contribution >= 0.6 is 0 Å². The van der Waals surface area contributed by atoms with Crippen LogP contribution in [0.15, 0.2) is 59.4 Å². The van der Waals surface area contributed by atoms with E-state index in [0.29, 0.717) is 49.2 Å². The highest BCUT2D eigenvalue weighted by Gasteiger charge is 2.27. The molecule has 0 bridgehead atoms. The first-order chi connectivity index (χ1) is 17.9. The van der Waals surface area contributed by atoms with Crippen molar-refractivity contribution >= 4 is 29.2 Å². The summed E-state index contributed by atoms with van der Waals surface area (Å²) in [6.07, 6.45) is 0.464. The summed E-state index contributed by atoms with van der Waals surface area (Å²) in [5.74, 6) is 0.614. The van der Waals surface area contributed by atoms with Gasteiger partial charge in [-0.3, -0.25) is 13.9 Å². The Bertz CT molecular complexity index is 1470. The molecule has 5 rings (SSSR count). The summed E-state index contributed by atoms with van der Waals surface area (Å²) < 4.78 is 16.6. The number of anilines is 2. The van der Waals surface area contributed by atoms with Gasteiger partial charge in [-0.05, 0) is 36.1 Å². The van der Waals surface area contributed by atoms with Crippen molar-refractivity contribution in [1.82, 2.24) is 24.4 Å². The number of nitrogens with one attached hydrogen (secondary N) is 2. The van der Waals surface area contributed by atoms with Crippen LogP contribution in [0.4, 0.5) is 21.1 Å². The minimum absolute atomic E-state index is 0.236. The predicted molar refractivity (Wildman–Crippen MR) is 138 cm³/mol. The third-order valence-electron chi connectivity index (χ3n) is 6.54. The molecule has 1 aliphatic heterocycles.